The van der Waals surface area contributed by atoms with Crippen LogP contribution in [0.5, 0.6) is 17.2 Å². The lowest BCUT2D eigenvalue weighted by atomic mass is 10.2. The van der Waals surface area contributed by atoms with Crippen molar-refractivity contribution in [2.75, 3.05) is 13.4 Å². The van der Waals surface area contributed by atoms with Gasteiger partial charge in [-0.15, -0.1) is 0 Å². The van der Waals surface area contributed by atoms with Crippen LogP contribution in [0.3, 0.4) is 0 Å². The fourth-order valence-corrected chi connectivity index (χ4v) is 2.41. The number of ether oxygens (including phenoxy) is 3. The topological polar surface area (TPSA) is 40.0 Å². The van der Waals surface area contributed by atoms with Crippen LogP contribution in [0.2, 0.25) is 0 Å². The van der Waals surface area contributed by atoms with Crippen LogP contribution in [-0.2, 0) is 0 Å². The van der Waals surface area contributed by atoms with E-state index in [1.54, 1.807) is 6.21 Å². The minimum atomic E-state index is 0.243. The van der Waals surface area contributed by atoms with Gasteiger partial charge >= 0.3 is 0 Å². The Morgan fingerprint density at radius 1 is 1.24 bits per heavy atom. The van der Waals surface area contributed by atoms with Crippen LogP contribution < -0.4 is 14.2 Å². The summed E-state index contributed by atoms with van der Waals surface area (Å²) in [6.45, 7) is 2.77. The average molecular weight is 348 g/mol. The molecule has 1 aliphatic rings. The minimum absolute atomic E-state index is 0.243. The quantitative estimate of drug-likeness (QED) is 0.773. The van der Waals surface area contributed by atoms with Crippen molar-refractivity contribution in [3.63, 3.8) is 0 Å². The lowest BCUT2D eigenvalue weighted by Crippen LogP contribution is -1.96. The van der Waals surface area contributed by atoms with E-state index >= 15 is 0 Å². The summed E-state index contributed by atoms with van der Waals surface area (Å²) in [5.74, 6) is 2.16. The van der Waals surface area contributed by atoms with E-state index < -0.39 is 0 Å². The first-order valence-electron chi connectivity index (χ1n) is 6.62. The van der Waals surface area contributed by atoms with Crippen LogP contribution in [-0.4, -0.2) is 19.6 Å². The number of aliphatic imine (C=N–C) groups is 1. The second kappa shape index (κ2) is 6.18. The minimum Gasteiger partial charge on any atom is -0.493 e. The van der Waals surface area contributed by atoms with Gasteiger partial charge in [0.05, 0.1) is 12.3 Å². The van der Waals surface area contributed by atoms with E-state index in [4.69, 9.17) is 14.2 Å². The van der Waals surface area contributed by atoms with Gasteiger partial charge in [0.15, 0.2) is 11.5 Å². The van der Waals surface area contributed by atoms with Gasteiger partial charge < -0.3 is 14.2 Å². The monoisotopic (exact) mass is 347 g/mol. The highest BCUT2D eigenvalue weighted by molar-refractivity contribution is 9.10. The van der Waals surface area contributed by atoms with Crippen molar-refractivity contribution in [3.05, 3.63) is 46.4 Å². The highest BCUT2D eigenvalue weighted by Crippen LogP contribution is 2.37. The molecule has 0 aromatic heterocycles. The standard InChI is InChI=1S/C16H14BrNO3/c1-2-19-14-8-16-15(20-10-21-16)6-11(14)9-18-13-5-3-4-12(17)7-13/h3-9H,2,10H2,1H3. The number of hydrogen-bond acceptors (Lipinski definition) is 4. The van der Waals surface area contributed by atoms with Crippen molar-refractivity contribution in [1.82, 2.24) is 0 Å². The van der Waals surface area contributed by atoms with Crippen molar-refractivity contribution in [2.45, 2.75) is 6.92 Å². The number of halogens is 1. The predicted molar refractivity (Wildman–Crippen MR) is 85.1 cm³/mol. The van der Waals surface area contributed by atoms with Crippen LogP contribution in [0.4, 0.5) is 5.69 Å². The van der Waals surface area contributed by atoms with Crippen molar-refractivity contribution < 1.29 is 14.2 Å². The molecule has 1 aliphatic heterocycles. The number of hydrogen-bond donors (Lipinski definition) is 0. The molecule has 0 spiro atoms. The Balaban J connectivity index is 1.93. The molecule has 0 saturated heterocycles. The maximum absolute atomic E-state index is 5.64. The normalized spacial score (nSPS) is 12.9. The lowest BCUT2D eigenvalue weighted by molar-refractivity contribution is 0.174. The molecule has 0 atom stereocenters. The van der Waals surface area contributed by atoms with Crippen LogP contribution in [0.25, 0.3) is 0 Å². The van der Waals surface area contributed by atoms with Gasteiger partial charge in [0.1, 0.15) is 5.75 Å². The van der Waals surface area contributed by atoms with Gasteiger partial charge in [-0.3, -0.25) is 4.99 Å². The second-order valence-electron chi connectivity index (χ2n) is 4.41. The van der Waals surface area contributed by atoms with E-state index in [2.05, 4.69) is 20.9 Å². The van der Waals surface area contributed by atoms with Crippen LogP contribution in [0.1, 0.15) is 12.5 Å². The van der Waals surface area contributed by atoms with Crippen LogP contribution in [0.15, 0.2) is 45.9 Å². The van der Waals surface area contributed by atoms with Gasteiger partial charge in [-0.1, -0.05) is 22.0 Å². The van der Waals surface area contributed by atoms with Crippen molar-refractivity contribution in [2.24, 2.45) is 4.99 Å². The van der Waals surface area contributed by atoms with Gasteiger partial charge in [-0.05, 0) is 31.2 Å². The predicted octanol–water partition coefficient (Wildman–Crippen LogP) is 4.33. The molecule has 1 heterocycles. The van der Waals surface area contributed by atoms with Crippen molar-refractivity contribution >= 4 is 27.8 Å². The molecule has 4 nitrogen and oxygen atoms in total. The van der Waals surface area contributed by atoms with Crippen molar-refractivity contribution in [1.29, 1.82) is 0 Å². The molecule has 0 amide bonds. The zero-order chi connectivity index (χ0) is 14.7. The Bertz CT molecular complexity index is 685. The summed E-state index contributed by atoms with van der Waals surface area (Å²) < 4.78 is 17.4. The smallest absolute Gasteiger partial charge is 0.231 e. The van der Waals surface area contributed by atoms with Crippen LogP contribution >= 0.6 is 15.9 Å². The fraction of sp³-hybridized carbons (Fsp3) is 0.188. The number of fused-ring (bicyclic) bond motifs is 1. The maximum Gasteiger partial charge on any atom is 0.231 e. The molecule has 5 heteroatoms. The number of benzene rings is 2. The molecule has 2 aromatic carbocycles. The SMILES string of the molecule is CCOc1cc2c(cc1C=Nc1cccc(Br)c1)OCO2. The Morgan fingerprint density at radius 2 is 2.05 bits per heavy atom. The molecule has 0 N–H and O–H groups in total. The molecule has 2 aromatic rings. The first kappa shape index (κ1) is 13.9. The summed E-state index contributed by atoms with van der Waals surface area (Å²) in [7, 11) is 0. The average Bonchev–Trinajstić information content (AvgIpc) is 2.92. The first-order chi connectivity index (χ1) is 10.3. The zero-order valence-corrected chi connectivity index (χ0v) is 13.1. The molecular formula is C16H14BrNO3. The highest BCUT2D eigenvalue weighted by atomic mass is 79.9. The third kappa shape index (κ3) is 3.19. The summed E-state index contributed by atoms with van der Waals surface area (Å²) in [5, 5.41) is 0. The van der Waals surface area contributed by atoms with E-state index in [0.717, 1.165) is 21.5 Å². The largest absolute Gasteiger partial charge is 0.493 e. The van der Waals surface area contributed by atoms with Gasteiger partial charge in [0, 0.05) is 22.3 Å². The summed E-state index contributed by atoms with van der Waals surface area (Å²) in [6, 6.07) is 11.5. The van der Waals surface area contributed by atoms with E-state index in [9.17, 15) is 0 Å². The van der Waals surface area contributed by atoms with E-state index in [-0.39, 0.29) is 6.79 Å². The van der Waals surface area contributed by atoms with Gasteiger partial charge in [0.2, 0.25) is 6.79 Å². The van der Waals surface area contributed by atoms with Gasteiger partial charge in [-0.2, -0.15) is 0 Å². The van der Waals surface area contributed by atoms with E-state index in [1.165, 1.54) is 0 Å². The van der Waals surface area contributed by atoms with Gasteiger partial charge in [-0.25, -0.2) is 0 Å². The number of nitrogens with zero attached hydrogens (tertiary/aromatic N) is 1. The molecule has 0 bridgehead atoms. The Morgan fingerprint density at radius 3 is 2.81 bits per heavy atom. The Labute approximate surface area is 131 Å². The maximum atomic E-state index is 5.64. The zero-order valence-electron chi connectivity index (χ0n) is 11.5. The fourth-order valence-electron chi connectivity index (χ4n) is 2.02. The third-order valence-corrected chi connectivity index (χ3v) is 3.46. The summed E-state index contributed by atoms with van der Waals surface area (Å²) in [6.07, 6.45) is 1.77. The molecule has 108 valence electrons. The molecule has 0 aliphatic carbocycles. The summed E-state index contributed by atoms with van der Waals surface area (Å²) in [5.41, 5.74) is 1.73. The molecule has 0 unspecified atom stereocenters. The van der Waals surface area contributed by atoms with E-state index in [0.29, 0.717) is 18.1 Å². The first-order valence-corrected chi connectivity index (χ1v) is 7.41. The molecule has 0 radical (unpaired) electrons. The summed E-state index contributed by atoms with van der Waals surface area (Å²) >= 11 is 3.43. The second-order valence-corrected chi connectivity index (χ2v) is 5.33. The number of rotatable bonds is 4. The highest BCUT2D eigenvalue weighted by Gasteiger charge is 2.17. The summed E-state index contributed by atoms with van der Waals surface area (Å²) in [4.78, 5) is 4.47. The Kier molecular flexibility index (Phi) is 4.10. The molecule has 0 saturated carbocycles. The lowest BCUT2D eigenvalue weighted by Gasteiger charge is -2.08. The molecule has 21 heavy (non-hydrogen) atoms. The molecule has 0 fully saturated rings. The Hall–Kier alpha value is -2.01. The van der Waals surface area contributed by atoms with Gasteiger partial charge in [0.25, 0.3) is 0 Å². The van der Waals surface area contributed by atoms with Crippen molar-refractivity contribution in [3.8, 4) is 17.2 Å². The van der Waals surface area contributed by atoms with Crippen LogP contribution in [0, 0.1) is 0 Å². The third-order valence-electron chi connectivity index (χ3n) is 2.97. The van der Waals surface area contributed by atoms with E-state index in [1.807, 2.05) is 43.3 Å². The molecular weight excluding hydrogens is 334 g/mol. The molecule has 3 rings (SSSR count).